The standard InChI is InChI=1S/C12H13N3O2/c1-8(2)15-10(7-11(16)14-12(15)17)9-3-5-13-6-4-9/h3-8H,1-2H3,(H,14,16,17). The summed E-state index contributed by atoms with van der Waals surface area (Å²) in [6.07, 6.45) is 3.26. The molecule has 17 heavy (non-hydrogen) atoms. The van der Waals surface area contributed by atoms with Crippen molar-refractivity contribution in [3.05, 3.63) is 51.4 Å². The predicted molar refractivity (Wildman–Crippen MR) is 64.9 cm³/mol. The molecule has 0 aliphatic heterocycles. The fourth-order valence-corrected chi connectivity index (χ4v) is 1.76. The van der Waals surface area contributed by atoms with Gasteiger partial charge in [0.25, 0.3) is 5.56 Å². The highest BCUT2D eigenvalue weighted by Crippen LogP contribution is 2.17. The first kappa shape index (κ1) is 11.3. The van der Waals surface area contributed by atoms with Crippen LogP contribution in [0.3, 0.4) is 0 Å². The van der Waals surface area contributed by atoms with Gasteiger partial charge in [-0.3, -0.25) is 19.3 Å². The number of rotatable bonds is 2. The number of H-pyrrole nitrogens is 1. The molecular weight excluding hydrogens is 218 g/mol. The Bertz CT molecular complexity index is 626. The maximum atomic E-state index is 11.8. The molecule has 5 nitrogen and oxygen atoms in total. The quantitative estimate of drug-likeness (QED) is 0.843. The first-order chi connectivity index (χ1) is 8.09. The van der Waals surface area contributed by atoms with E-state index in [0.717, 1.165) is 5.56 Å². The smallest absolute Gasteiger partial charge is 0.291 e. The average Bonchev–Trinajstić information content (AvgIpc) is 2.28. The zero-order chi connectivity index (χ0) is 12.4. The molecule has 1 N–H and O–H groups in total. The van der Waals surface area contributed by atoms with Gasteiger partial charge in [0.15, 0.2) is 0 Å². The number of hydrogen-bond acceptors (Lipinski definition) is 3. The molecule has 0 unspecified atom stereocenters. The van der Waals surface area contributed by atoms with Crippen LogP contribution in [0.15, 0.2) is 40.2 Å². The number of nitrogens with one attached hydrogen (secondary N) is 1. The average molecular weight is 231 g/mol. The van der Waals surface area contributed by atoms with Gasteiger partial charge in [-0.1, -0.05) is 0 Å². The van der Waals surface area contributed by atoms with E-state index < -0.39 is 5.56 Å². The van der Waals surface area contributed by atoms with Gasteiger partial charge in [-0.25, -0.2) is 4.79 Å². The lowest BCUT2D eigenvalue weighted by atomic mass is 10.1. The van der Waals surface area contributed by atoms with Crippen molar-refractivity contribution in [1.82, 2.24) is 14.5 Å². The van der Waals surface area contributed by atoms with Crippen LogP contribution in [0.4, 0.5) is 0 Å². The van der Waals surface area contributed by atoms with Gasteiger partial charge in [0, 0.05) is 30.1 Å². The molecule has 0 bridgehead atoms. The first-order valence-corrected chi connectivity index (χ1v) is 5.36. The molecule has 0 radical (unpaired) electrons. The number of pyridine rings is 1. The third-order valence-corrected chi connectivity index (χ3v) is 2.47. The maximum Gasteiger partial charge on any atom is 0.329 e. The van der Waals surface area contributed by atoms with Gasteiger partial charge in [0.2, 0.25) is 0 Å². The van der Waals surface area contributed by atoms with Crippen molar-refractivity contribution in [2.24, 2.45) is 0 Å². The Kier molecular flexibility index (Phi) is 2.91. The van der Waals surface area contributed by atoms with E-state index in [-0.39, 0.29) is 11.7 Å². The molecule has 2 aromatic rings. The molecule has 0 aromatic carbocycles. The molecule has 0 saturated heterocycles. The summed E-state index contributed by atoms with van der Waals surface area (Å²) in [6, 6.07) is 4.94. The molecule has 2 heterocycles. The van der Waals surface area contributed by atoms with Crippen LogP contribution in [0, 0.1) is 0 Å². The van der Waals surface area contributed by atoms with Gasteiger partial charge >= 0.3 is 5.69 Å². The largest absolute Gasteiger partial charge is 0.329 e. The lowest BCUT2D eigenvalue weighted by Gasteiger charge is -2.15. The molecule has 0 atom stereocenters. The van der Waals surface area contributed by atoms with Crippen LogP contribution in [0.2, 0.25) is 0 Å². The third-order valence-electron chi connectivity index (χ3n) is 2.47. The van der Waals surface area contributed by atoms with Crippen molar-refractivity contribution >= 4 is 0 Å². The van der Waals surface area contributed by atoms with Gasteiger partial charge in [0.1, 0.15) is 0 Å². The Hall–Kier alpha value is -2.17. The van der Waals surface area contributed by atoms with E-state index in [1.807, 2.05) is 13.8 Å². The van der Waals surface area contributed by atoms with Crippen LogP contribution in [-0.4, -0.2) is 14.5 Å². The first-order valence-electron chi connectivity index (χ1n) is 5.36. The van der Waals surface area contributed by atoms with Crippen molar-refractivity contribution in [1.29, 1.82) is 0 Å². The second kappa shape index (κ2) is 4.37. The van der Waals surface area contributed by atoms with Crippen molar-refractivity contribution in [2.75, 3.05) is 0 Å². The van der Waals surface area contributed by atoms with E-state index in [1.54, 1.807) is 29.1 Å². The van der Waals surface area contributed by atoms with E-state index in [4.69, 9.17) is 0 Å². The molecule has 0 amide bonds. The van der Waals surface area contributed by atoms with Crippen molar-refractivity contribution < 1.29 is 0 Å². The SMILES string of the molecule is CC(C)n1c(-c2ccncc2)cc(=O)[nH]c1=O. The van der Waals surface area contributed by atoms with Crippen LogP contribution >= 0.6 is 0 Å². The topological polar surface area (TPSA) is 67.8 Å². The summed E-state index contributed by atoms with van der Waals surface area (Å²) in [7, 11) is 0. The summed E-state index contributed by atoms with van der Waals surface area (Å²) in [5.74, 6) is 0. The lowest BCUT2D eigenvalue weighted by molar-refractivity contribution is 0.568. The molecular formula is C12H13N3O2. The normalized spacial score (nSPS) is 10.8. The minimum atomic E-state index is -0.390. The molecule has 0 saturated carbocycles. The fraction of sp³-hybridized carbons (Fsp3) is 0.250. The minimum absolute atomic E-state index is 0.0254. The highest BCUT2D eigenvalue weighted by molar-refractivity contribution is 5.58. The zero-order valence-corrected chi connectivity index (χ0v) is 9.68. The molecule has 0 aliphatic carbocycles. The van der Waals surface area contributed by atoms with Gasteiger partial charge < -0.3 is 0 Å². The van der Waals surface area contributed by atoms with Gasteiger partial charge in [-0.2, -0.15) is 0 Å². The Balaban J connectivity index is 2.77. The maximum absolute atomic E-state index is 11.8. The Morgan fingerprint density at radius 1 is 1.24 bits per heavy atom. The van der Waals surface area contributed by atoms with Crippen LogP contribution in [0.1, 0.15) is 19.9 Å². The second-order valence-corrected chi connectivity index (χ2v) is 4.02. The third kappa shape index (κ3) is 2.18. The summed E-state index contributed by atoms with van der Waals surface area (Å²) < 4.78 is 1.55. The van der Waals surface area contributed by atoms with Crippen molar-refractivity contribution in [3.8, 4) is 11.3 Å². The summed E-state index contributed by atoms with van der Waals surface area (Å²) in [5.41, 5.74) is 0.631. The van der Waals surface area contributed by atoms with Crippen LogP contribution < -0.4 is 11.2 Å². The summed E-state index contributed by atoms with van der Waals surface area (Å²) in [4.78, 5) is 29.3. The van der Waals surface area contributed by atoms with E-state index in [1.165, 1.54) is 6.07 Å². The molecule has 0 fully saturated rings. The van der Waals surface area contributed by atoms with Gasteiger partial charge in [-0.05, 0) is 26.0 Å². The number of aromatic nitrogens is 3. The Labute approximate surface area is 97.8 Å². The summed E-state index contributed by atoms with van der Waals surface area (Å²) >= 11 is 0. The fourth-order valence-electron chi connectivity index (χ4n) is 1.76. The van der Waals surface area contributed by atoms with Crippen LogP contribution in [-0.2, 0) is 0 Å². The molecule has 0 aliphatic rings. The number of nitrogens with zero attached hydrogens (tertiary/aromatic N) is 2. The highest BCUT2D eigenvalue weighted by atomic mass is 16.2. The Morgan fingerprint density at radius 2 is 1.88 bits per heavy atom. The molecule has 0 spiro atoms. The number of hydrogen-bond donors (Lipinski definition) is 1. The zero-order valence-electron chi connectivity index (χ0n) is 9.68. The molecule has 2 rings (SSSR count). The highest BCUT2D eigenvalue weighted by Gasteiger charge is 2.10. The van der Waals surface area contributed by atoms with Crippen molar-refractivity contribution in [3.63, 3.8) is 0 Å². The van der Waals surface area contributed by atoms with E-state index in [9.17, 15) is 9.59 Å². The minimum Gasteiger partial charge on any atom is -0.291 e. The predicted octanol–water partition coefficient (Wildman–Crippen LogP) is 1.18. The summed E-state index contributed by atoms with van der Waals surface area (Å²) in [6.45, 7) is 3.79. The van der Waals surface area contributed by atoms with Crippen LogP contribution in [0.5, 0.6) is 0 Å². The molecule has 2 aromatic heterocycles. The van der Waals surface area contributed by atoms with E-state index >= 15 is 0 Å². The van der Waals surface area contributed by atoms with Gasteiger partial charge in [0.05, 0.1) is 5.69 Å². The van der Waals surface area contributed by atoms with Gasteiger partial charge in [-0.15, -0.1) is 0 Å². The van der Waals surface area contributed by atoms with E-state index in [0.29, 0.717) is 5.69 Å². The summed E-state index contributed by atoms with van der Waals surface area (Å²) in [5, 5.41) is 0. The lowest BCUT2D eigenvalue weighted by Crippen LogP contribution is -2.31. The monoisotopic (exact) mass is 231 g/mol. The number of aromatic amines is 1. The second-order valence-electron chi connectivity index (χ2n) is 4.02. The Morgan fingerprint density at radius 3 is 2.47 bits per heavy atom. The van der Waals surface area contributed by atoms with E-state index in [2.05, 4.69) is 9.97 Å². The molecule has 88 valence electrons. The van der Waals surface area contributed by atoms with Crippen LogP contribution in [0.25, 0.3) is 11.3 Å². The molecule has 5 heteroatoms. The van der Waals surface area contributed by atoms with Crippen molar-refractivity contribution in [2.45, 2.75) is 19.9 Å².